The van der Waals surface area contributed by atoms with E-state index >= 15 is 0 Å². The van der Waals surface area contributed by atoms with Crippen molar-refractivity contribution in [3.63, 3.8) is 0 Å². The summed E-state index contributed by atoms with van der Waals surface area (Å²) in [6.07, 6.45) is 3.32. The summed E-state index contributed by atoms with van der Waals surface area (Å²) in [6, 6.07) is 7.19. The molecule has 1 N–H and O–H groups in total. The molecule has 1 aromatic heterocycles. The van der Waals surface area contributed by atoms with Crippen molar-refractivity contribution in [1.82, 2.24) is 14.7 Å². The van der Waals surface area contributed by atoms with E-state index in [0.717, 1.165) is 24.2 Å². The Labute approximate surface area is 146 Å². The lowest BCUT2D eigenvalue weighted by Crippen LogP contribution is -2.48. The van der Waals surface area contributed by atoms with E-state index in [1.54, 1.807) is 35.7 Å². The molecule has 0 radical (unpaired) electrons. The van der Waals surface area contributed by atoms with Crippen LogP contribution in [0.2, 0.25) is 5.02 Å². The average Bonchev–Trinajstić information content (AvgIpc) is 3.12. The van der Waals surface area contributed by atoms with Gasteiger partial charge in [0, 0.05) is 11.6 Å². The van der Waals surface area contributed by atoms with E-state index in [1.165, 1.54) is 0 Å². The number of amides is 1. The number of hydrogen-bond acceptors (Lipinski definition) is 3. The van der Waals surface area contributed by atoms with Crippen molar-refractivity contribution in [2.24, 2.45) is 0 Å². The van der Waals surface area contributed by atoms with Crippen LogP contribution in [0.5, 0.6) is 0 Å². The zero-order valence-electron chi connectivity index (χ0n) is 14.2. The Bertz CT molecular complexity index is 764. The monoisotopic (exact) mass is 347 g/mol. The highest BCUT2D eigenvalue weighted by Gasteiger charge is 2.39. The Kier molecular flexibility index (Phi) is 4.40. The van der Waals surface area contributed by atoms with Crippen LogP contribution in [0.25, 0.3) is 5.69 Å². The molecule has 0 aliphatic carbocycles. The largest absolute Gasteiger partial charge is 0.388 e. The van der Waals surface area contributed by atoms with Crippen LogP contribution >= 0.6 is 11.6 Å². The molecule has 5 nitrogen and oxygen atoms in total. The highest BCUT2D eigenvalue weighted by Crippen LogP contribution is 2.29. The summed E-state index contributed by atoms with van der Waals surface area (Å²) in [4.78, 5) is 14.7. The predicted molar refractivity (Wildman–Crippen MR) is 93.7 cm³/mol. The van der Waals surface area contributed by atoms with Gasteiger partial charge in [-0.15, -0.1) is 0 Å². The van der Waals surface area contributed by atoms with Gasteiger partial charge in [0.1, 0.15) is 0 Å². The molecule has 2 heterocycles. The van der Waals surface area contributed by atoms with Crippen LogP contribution in [0, 0.1) is 6.92 Å². The quantitative estimate of drug-likeness (QED) is 0.927. The third-order valence-electron chi connectivity index (χ3n) is 4.62. The van der Waals surface area contributed by atoms with Crippen LogP contribution in [-0.4, -0.2) is 43.9 Å². The Morgan fingerprint density at radius 1 is 1.42 bits per heavy atom. The molecule has 1 saturated heterocycles. The van der Waals surface area contributed by atoms with Crippen molar-refractivity contribution >= 4 is 17.5 Å². The number of likely N-dealkylation sites (tertiary alicyclic amines) is 1. The molecule has 1 aliphatic rings. The number of aromatic nitrogens is 2. The van der Waals surface area contributed by atoms with Crippen molar-refractivity contribution < 1.29 is 9.90 Å². The van der Waals surface area contributed by atoms with Gasteiger partial charge in [0.05, 0.1) is 34.8 Å². The lowest BCUT2D eigenvalue weighted by molar-refractivity contribution is 0.000301. The van der Waals surface area contributed by atoms with E-state index in [-0.39, 0.29) is 11.9 Å². The lowest BCUT2D eigenvalue weighted by Gasteiger charge is -2.33. The van der Waals surface area contributed by atoms with Gasteiger partial charge in [0.2, 0.25) is 0 Å². The van der Waals surface area contributed by atoms with E-state index in [9.17, 15) is 9.90 Å². The number of nitrogens with zero attached hydrogens (tertiary/aromatic N) is 3. The molecule has 1 fully saturated rings. The van der Waals surface area contributed by atoms with Crippen molar-refractivity contribution in [2.75, 3.05) is 6.54 Å². The molecule has 24 heavy (non-hydrogen) atoms. The zero-order valence-corrected chi connectivity index (χ0v) is 14.9. The van der Waals surface area contributed by atoms with E-state index in [4.69, 9.17) is 11.6 Å². The SMILES string of the molecule is Cc1c(C(=O)N2CCCC2C(C)(C)O)cnn1-c1cccc(Cl)c1. The molecule has 128 valence electrons. The minimum absolute atomic E-state index is 0.0783. The van der Waals surface area contributed by atoms with Gasteiger partial charge in [0.15, 0.2) is 0 Å². The molecule has 1 aromatic carbocycles. The highest BCUT2D eigenvalue weighted by molar-refractivity contribution is 6.30. The first-order valence-electron chi connectivity index (χ1n) is 8.13. The van der Waals surface area contributed by atoms with Crippen LogP contribution in [0.1, 0.15) is 42.7 Å². The second-order valence-corrected chi connectivity index (χ2v) is 7.28. The lowest BCUT2D eigenvalue weighted by atomic mass is 9.96. The van der Waals surface area contributed by atoms with Gasteiger partial charge < -0.3 is 10.0 Å². The maximum Gasteiger partial charge on any atom is 0.257 e. The predicted octanol–water partition coefficient (Wildman–Crippen LogP) is 3.21. The summed E-state index contributed by atoms with van der Waals surface area (Å²) >= 11 is 6.05. The number of benzene rings is 1. The number of rotatable bonds is 3. The number of carbonyl (C=O) groups is 1. The second-order valence-electron chi connectivity index (χ2n) is 6.85. The highest BCUT2D eigenvalue weighted by atomic mass is 35.5. The van der Waals surface area contributed by atoms with Gasteiger partial charge in [0.25, 0.3) is 5.91 Å². The van der Waals surface area contributed by atoms with Crippen LogP contribution in [0.3, 0.4) is 0 Å². The fraction of sp³-hybridized carbons (Fsp3) is 0.444. The first-order valence-corrected chi connectivity index (χ1v) is 8.51. The normalized spacial score (nSPS) is 18.2. The summed E-state index contributed by atoms with van der Waals surface area (Å²) in [5, 5.41) is 15.3. The van der Waals surface area contributed by atoms with Crippen LogP contribution in [0.15, 0.2) is 30.5 Å². The average molecular weight is 348 g/mol. The van der Waals surface area contributed by atoms with Crippen molar-refractivity contribution in [1.29, 1.82) is 0 Å². The first kappa shape index (κ1) is 17.0. The fourth-order valence-electron chi connectivity index (χ4n) is 3.39. The van der Waals surface area contributed by atoms with Crippen molar-refractivity contribution in [3.8, 4) is 5.69 Å². The second kappa shape index (κ2) is 6.22. The van der Waals surface area contributed by atoms with Gasteiger partial charge in [-0.1, -0.05) is 17.7 Å². The number of halogens is 1. The Balaban J connectivity index is 1.92. The third kappa shape index (κ3) is 3.06. The van der Waals surface area contributed by atoms with Gasteiger partial charge in [-0.05, 0) is 51.8 Å². The third-order valence-corrected chi connectivity index (χ3v) is 4.86. The molecular weight excluding hydrogens is 326 g/mol. The van der Waals surface area contributed by atoms with Gasteiger partial charge in [-0.25, -0.2) is 4.68 Å². The summed E-state index contributed by atoms with van der Waals surface area (Å²) in [7, 11) is 0. The molecule has 6 heteroatoms. The van der Waals surface area contributed by atoms with Crippen molar-refractivity contribution in [2.45, 2.75) is 45.3 Å². The number of hydrogen-bond donors (Lipinski definition) is 1. The molecule has 0 bridgehead atoms. The summed E-state index contributed by atoms with van der Waals surface area (Å²) in [5.41, 5.74) is 1.23. The topological polar surface area (TPSA) is 58.4 Å². The van der Waals surface area contributed by atoms with Crippen LogP contribution in [-0.2, 0) is 0 Å². The van der Waals surface area contributed by atoms with E-state index < -0.39 is 5.60 Å². The maximum absolute atomic E-state index is 13.0. The van der Waals surface area contributed by atoms with E-state index in [0.29, 0.717) is 17.1 Å². The number of aliphatic hydroxyl groups is 1. The van der Waals surface area contributed by atoms with Gasteiger partial charge in [-0.3, -0.25) is 4.79 Å². The van der Waals surface area contributed by atoms with Gasteiger partial charge >= 0.3 is 0 Å². The minimum Gasteiger partial charge on any atom is -0.388 e. The Morgan fingerprint density at radius 3 is 2.83 bits per heavy atom. The fourth-order valence-corrected chi connectivity index (χ4v) is 3.57. The van der Waals surface area contributed by atoms with E-state index in [2.05, 4.69) is 5.10 Å². The van der Waals surface area contributed by atoms with Gasteiger partial charge in [-0.2, -0.15) is 5.10 Å². The smallest absolute Gasteiger partial charge is 0.257 e. The standard InChI is InChI=1S/C18H22ClN3O2/c1-12-15(11-20-22(12)14-7-4-6-13(19)10-14)17(23)21-9-5-8-16(21)18(2,3)24/h4,6-7,10-11,16,24H,5,8-9H2,1-3H3. The Hall–Kier alpha value is -1.85. The van der Waals surface area contributed by atoms with Crippen LogP contribution in [0.4, 0.5) is 0 Å². The molecular formula is C18H22ClN3O2. The summed E-state index contributed by atoms with van der Waals surface area (Å²) in [6.45, 7) is 6.04. The molecule has 1 atom stereocenters. The Morgan fingerprint density at radius 2 is 2.17 bits per heavy atom. The number of carbonyl (C=O) groups excluding carboxylic acids is 1. The van der Waals surface area contributed by atoms with E-state index in [1.807, 2.05) is 25.1 Å². The molecule has 0 spiro atoms. The molecule has 1 amide bonds. The molecule has 3 rings (SSSR count). The molecule has 1 unspecified atom stereocenters. The maximum atomic E-state index is 13.0. The minimum atomic E-state index is -0.914. The van der Waals surface area contributed by atoms with Crippen LogP contribution < -0.4 is 0 Å². The molecule has 2 aromatic rings. The van der Waals surface area contributed by atoms with Crippen molar-refractivity contribution in [3.05, 3.63) is 46.7 Å². The zero-order chi connectivity index (χ0) is 17.5. The molecule has 1 aliphatic heterocycles. The summed E-state index contributed by atoms with van der Waals surface area (Å²) < 4.78 is 1.72. The molecule has 0 saturated carbocycles. The first-order chi connectivity index (χ1) is 11.3. The summed E-state index contributed by atoms with van der Waals surface area (Å²) in [5.74, 6) is -0.0783.